The number of nitrogens with one attached hydrogen (secondary N) is 3. The van der Waals surface area contributed by atoms with Gasteiger partial charge >= 0.3 is 12.2 Å². The molecule has 0 unspecified atom stereocenters. The van der Waals surface area contributed by atoms with E-state index in [1.165, 1.54) is 0 Å². The number of benzene rings is 2. The standard InChI is InChI=1S/C25H31N3O5S/c1-25(2,3)33-23(30)27-14-21(22(29)26-12-13-34)28-24(31)32-15-20-18-10-6-4-8-16(18)17-9-5-7-11-19(17)20/h4-11,20-21,34H,12-15H2,1-3H3,(H,26,29)(H,27,30)(H,28,31)/t21-/m0/s1. The molecule has 3 amide bonds. The molecule has 3 N–H and O–H groups in total. The largest absolute Gasteiger partial charge is 0.449 e. The average molecular weight is 486 g/mol. The molecule has 2 aromatic carbocycles. The van der Waals surface area contributed by atoms with Gasteiger partial charge in [-0.15, -0.1) is 0 Å². The zero-order chi connectivity index (χ0) is 24.7. The van der Waals surface area contributed by atoms with E-state index in [1.54, 1.807) is 20.8 Å². The molecule has 0 aromatic heterocycles. The van der Waals surface area contributed by atoms with Crippen molar-refractivity contribution in [3.63, 3.8) is 0 Å². The van der Waals surface area contributed by atoms with Crippen molar-refractivity contribution in [2.45, 2.75) is 38.3 Å². The lowest BCUT2D eigenvalue weighted by molar-refractivity contribution is -0.122. The summed E-state index contributed by atoms with van der Waals surface area (Å²) in [5.74, 6) is -0.129. The first-order valence-corrected chi connectivity index (χ1v) is 11.8. The number of amides is 3. The van der Waals surface area contributed by atoms with Crippen molar-refractivity contribution in [2.24, 2.45) is 0 Å². The number of carbonyl (C=O) groups excluding carboxylic acids is 3. The number of hydrogen-bond donors (Lipinski definition) is 4. The van der Waals surface area contributed by atoms with Crippen LogP contribution in [0.4, 0.5) is 9.59 Å². The molecular formula is C25H31N3O5S. The molecule has 3 rings (SSSR count). The second-order valence-corrected chi connectivity index (χ2v) is 9.37. The Bertz CT molecular complexity index is 992. The highest BCUT2D eigenvalue weighted by Crippen LogP contribution is 2.44. The third-order valence-corrected chi connectivity index (χ3v) is 5.44. The number of carbonyl (C=O) groups is 3. The molecule has 34 heavy (non-hydrogen) atoms. The molecule has 9 heteroatoms. The molecule has 0 fully saturated rings. The van der Waals surface area contributed by atoms with Crippen LogP contribution >= 0.6 is 12.6 Å². The molecule has 8 nitrogen and oxygen atoms in total. The minimum absolute atomic E-state index is 0.102. The molecule has 0 radical (unpaired) electrons. The summed E-state index contributed by atoms with van der Waals surface area (Å²) in [6, 6.07) is 15.0. The van der Waals surface area contributed by atoms with Crippen molar-refractivity contribution in [1.29, 1.82) is 0 Å². The van der Waals surface area contributed by atoms with Crippen molar-refractivity contribution >= 4 is 30.7 Å². The maximum atomic E-state index is 12.6. The van der Waals surface area contributed by atoms with Crippen LogP contribution in [0.25, 0.3) is 11.1 Å². The Labute approximate surface area is 205 Å². The van der Waals surface area contributed by atoms with Gasteiger partial charge in [0.15, 0.2) is 0 Å². The molecule has 0 saturated carbocycles. The second-order valence-electron chi connectivity index (χ2n) is 8.92. The first kappa shape index (κ1) is 25.4. The Morgan fingerprint density at radius 2 is 1.53 bits per heavy atom. The molecule has 182 valence electrons. The van der Waals surface area contributed by atoms with E-state index in [0.29, 0.717) is 12.3 Å². The summed E-state index contributed by atoms with van der Waals surface area (Å²) in [6.45, 7) is 5.48. The Morgan fingerprint density at radius 3 is 2.09 bits per heavy atom. The number of fused-ring (bicyclic) bond motifs is 3. The lowest BCUT2D eigenvalue weighted by Gasteiger charge is -2.22. The van der Waals surface area contributed by atoms with Gasteiger partial charge in [-0.25, -0.2) is 9.59 Å². The van der Waals surface area contributed by atoms with E-state index in [2.05, 4.69) is 40.7 Å². The summed E-state index contributed by atoms with van der Waals surface area (Å²) < 4.78 is 10.7. The summed E-state index contributed by atoms with van der Waals surface area (Å²) in [7, 11) is 0. The Morgan fingerprint density at radius 1 is 0.941 bits per heavy atom. The van der Waals surface area contributed by atoms with E-state index < -0.39 is 29.7 Å². The van der Waals surface area contributed by atoms with Gasteiger partial charge in [0.2, 0.25) is 5.91 Å². The zero-order valence-corrected chi connectivity index (χ0v) is 20.5. The summed E-state index contributed by atoms with van der Waals surface area (Å²) in [4.78, 5) is 37.1. The van der Waals surface area contributed by atoms with Crippen molar-refractivity contribution < 1.29 is 23.9 Å². The van der Waals surface area contributed by atoms with E-state index in [1.807, 2.05) is 36.4 Å². The first-order valence-electron chi connectivity index (χ1n) is 11.2. The molecule has 1 aliphatic rings. The van der Waals surface area contributed by atoms with Gasteiger partial charge < -0.3 is 25.4 Å². The highest BCUT2D eigenvalue weighted by Gasteiger charge is 2.30. The van der Waals surface area contributed by atoms with Crippen LogP contribution in [-0.4, -0.2) is 55.2 Å². The SMILES string of the molecule is CC(C)(C)OC(=O)NC[C@H](NC(=O)OCC1c2ccccc2-c2ccccc21)C(=O)NCCS. The Kier molecular flexibility index (Phi) is 8.44. The Balaban J connectivity index is 1.63. The summed E-state index contributed by atoms with van der Waals surface area (Å²) in [6.07, 6.45) is -1.44. The van der Waals surface area contributed by atoms with Crippen LogP contribution in [0.1, 0.15) is 37.8 Å². The molecule has 0 heterocycles. The predicted octanol–water partition coefficient (Wildman–Crippen LogP) is 3.46. The minimum atomic E-state index is -1.04. The fraction of sp³-hybridized carbons (Fsp3) is 0.400. The monoisotopic (exact) mass is 485 g/mol. The highest BCUT2D eigenvalue weighted by atomic mass is 32.1. The van der Waals surface area contributed by atoms with Crippen molar-refractivity contribution in [1.82, 2.24) is 16.0 Å². The highest BCUT2D eigenvalue weighted by molar-refractivity contribution is 7.80. The molecule has 1 atom stereocenters. The quantitative estimate of drug-likeness (QED) is 0.429. The molecule has 0 saturated heterocycles. The van der Waals surface area contributed by atoms with E-state index in [9.17, 15) is 14.4 Å². The number of hydrogen-bond acceptors (Lipinski definition) is 6. The zero-order valence-electron chi connectivity index (χ0n) is 19.6. The third kappa shape index (κ3) is 6.66. The van der Waals surface area contributed by atoms with E-state index >= 15 is 0 Å². The number of ether oxygens (including phenoxy) is 2. The lowest BCUT2D eigenvalue weighted by Crippen LogP contribution is -2.53. The van der Waals surface area contributed by atoms with Crippen LogP contribution in [0, 0.1) is 0 Å². The average Bonchev–Trinajstić information content (AvgIpc) is 3.11. The minimum Gasteiger partial charge on any atom is -0.449 e. The Hall–Kier alpha value is -3.20. The summed E-state index contributed by atoms with van der Waals surface area (Å²) in [5.41, 5.74) is 3.74. The van der Waals surface area contributed by atoms with Crippen LogP contribution in [-0.2, 0) is 14.3 Å². The van der Waals surface area contributed by atoms with E-state index in [-0.39, 0.29) is 19.1 Å². The van der Waals surface area contributed by atoms with E-state index in [4.69, 9.17) is 9.47 Å². The van der Waals surface area contributed by atoms with Gasteiger partial charge in [0.05, 0.1) is 6.54 Å². The fourth-order valence-electron chi connectivity index (χ4n) is 3.79. The van der Waals surface area contributed by atoms with E-state index in [0.717, 1.165) is 22.3 Å². The van der Waals surface area contributed by atoms with Crippen molar-refractivity contribution in [3.8, 4) is 11.1 Å². The molecular weight excluding hydrogens is 454 g/mol. The van der Waals surface area contributed by atoms with Gasteiger partial charge in [-0.1, -0.05) is 48.5 Å². The normalized spacial score (nSPS) is 13.3. The predicted molar refractivity (Wildman–Crippen MR) is 133 cm³/mol. The topological polar surface area (TPSA) is 106 Å². The second kappa shape index (κ2) is 11.3. The van der Waals surface area contributed by atoms with Crippen LogP contribution in [0.3, 0.4) is 0 Å². The first-order chi connectivity index (χ1) is 16.2. The number of alkyl carbamates (subject to hydrolysis) is 2. The van der Waals surface area contributed by atoms with Crippen LogP contribution < -0.4 is 16.0 Å². The van der Waals surface area contributed by atoms with Gasteiger partial charge in [0.25, 0.3) is 0 Å². The number of rotatable bonds is 8. The fourth-order valence-corrected chi connectivity index (χ4v) is 3.91. The third-order valence-electron chi connectivity index (χ3n) is 5.21. The van der Waals surface area contributed by atoms with Crippen LogP contribution in [0.5, 0.6) is 0 Å². The van der Waals surface area contributed by atoms with Gasteiger partial charge in [-0.05, 0) is 43.0 Å². The van der Waals surface area contributed by atoms with Gasteiger partial charge in [-0.2, -0.15) is 12.6 Å². The summed E-state index contributed by atoms with van der Waals surface area (Å²) in [5, 5.41) is 7.72. The maximum absolute atomic E-state index is 12.6. The number of thiol groups is 1. The smallest absolute Gasteiger partial charge is 0.407 e. The lowest BCUT2D eigenvalue weighted by atomic mass is 9.98. The van der Waals surface area contributed by atoms with Gasteiger partial charge in [0.1, 0.15) is 18.2 Å². The molecule has 0 bridgehead atoms. The molecule has 0 aliphatic heterocycles. The molecule has 2 aromatic rings. The van der Waals surface area contributed by atoms with Crippen molar-refractivity contribution in [2.75, 3.05) is 25.4 Å². The van der Waals surface area contributed by atoms with Gasteiger partial charge in [-0.3, -0.25) is 4.79 Å². The van der Waals surface area contributed by atoms with Crippen LogP contribution in [0.15, 0.2) is 48.5 Å². The van der Waals surface area contributed by atoms with Gasteiger partial charge in [0, 0.05) is 18.2 Å². The molecule has 0 spiro atoms. The molecule has 1 aliphatic carbocycles. The summed E-state index contributed by atoms with van der Waals surface area (Å²) >= 11 is 4.08. The van der Waals surface area contributed by atoms with Crippen molar-refractivity contribution in [3.05, 3.63) is 59.7 Å². The van der Waals surface area contributed by atoms with Crippen LogP contribution in [0.2, 0.25) is 0 Å². The maximum Gasteiger partial charge on any atom is 0.407 e.